The van der Waals surface area contributed by atoms with Crippen molar-refractivity contribution in [1.29, 1.82) is 0 Å². The molecule has 3 heterocycles. The maximum absolute atomic E-state index is 13.7. The molecule has 3 aromatic rings. The highest BCUT2D eigenvalue weighted by Crippen LogP contribution is 2.44. The molecule has 1 saturated heterocycles. The first-order chi connectivity index (χ1) is 16.1. The van der Waals surface area contributed by atoms with Crippen LogP contribution >= 0.6 is 0 Å². The summed E-state index contributed by atoms with van der Waals surface area (Å²) in [6, 6.07) is 15.4. The molecule has 2 aliphatic heterocycles. The van der Waals surface area contributed by atoms with E-state index in [2.05, 4.69) is 33.1 Å². The predicted octanol–water partition coefficient (Wildman–Crippen LogP) is 3.69. The summed E-state index contributed by atoms with van der Waals surface area (Å²) < 4.78 is 2.08. The Kier molecular flexibility index (Phi) is 5.94. The molecule has 0 spiro atoms. The number of hydrogen-bond acceptors (Lipinski definition) is 3. The number of nitrogens with one attached hydrogen (secondary N) is 1. The highest BCUT2D eigenvalue weighted by atomic mass is 16.2. The summed E-state index contributed by atoms with van der Waals surface area (Å²) in [6.45, 7) is 4.00. The van der Waals surface area contributed by atoms with Crippen molar-refractivity contribution < 1.29 is 9.59 Å². The van der Waals surface area contributed by atoms with Crippen LogP contribution in [0.4, 0.5) is 0 Å². The van der Waals surface area contributed by atoms with Crippen LogP contribution < -0.4 is 5.32 Å². The number of nitrogens with zero attached hydrogens (tertiary/aromatic N) is 3. The maximum Gasteiger partial charge on any atom is 0.254 e. The fraction of sp³-hybridized carbons (Fsp3) is 0.407. The van der Waals surface area contributed by atoms with Crippen LogP contribution in [0.2, 0.25) is 0 Å². The lowest BCUT2D eigenvalue weighted by Gasteiger charge is -2.39. The Bertz CT molecular complexity index is 1180. The fourth-order valence-electron chi connectivity index (χ4n) is 5.58. The summed E-state index contributed by atoms with van der Waals surface area (Å²) in [4.78, 5) is 31.2. The van der Waals surface area contributed by atoms with Crippen molar-refractivity contribution in [3.63, 3.8) is 0 Å². The van der Waals surface area contributed by atoms with Crippen LogP contribution in [0.5, 0.6) is 0 Å². The molecule has 6 heteroatoms. The van der Waals surface area contributed by atoms with Gasteiger partial charge in [-0.25, -0.2) is 0 Å². The second kappa shape index (κ2) is 9.02. The Labute approximate surface area is 195 Å². The summed E-state index contributed by atoms with van der Waals surface area (Å²) in [6.07, 6.45) is 5.56. The van der Waals surface area contributed by atoms with Crippen molar-refractivity contribution in [2.75, 3.05) is 33.2 Å². The van der Waals surface area contributed by atoms with Gasteiger partial charge in [0.15, 0.2) is 0 Å². The molecule has 0 radical (unpaired) electrons. The van der Waals surface area contributed by atoms with E-state index in [9.17, 15) is 9.59 Å². The number of rotatable bonds is 6. The Balaban J connectivity index is 1.47. The van der Waals surface area contributed by atoms with E-state index in [4.69, 9.17) is 0 Å². The average molecular weight is 445 g/mol. The SMILES string of the molecule is CN1C(=O)c2ccccc2C(C(=O)NCCCN2CCCC2)C1c1cn(C)c2ccccc12. The van der Waals surface area contributed by atoms with Crippen molar-refractivity contribution in [2.45, 2.75) is 31.2 Å². The van der Waals surface area contributed by atoms with E-state index in [-0.39, 0.29) is 17.9 Å². The molecule has 33 heavy (non-hydrogen) atoms. The van der Waals surface area contributed by atoms with E-state index in [1.807, 2.05) is 50.5 Å². The molecule has 0 bridgehead atoms. The van der Waals surface area contributed by atoms with Gasteiger partial charge >= 0.3 is 0 Å². The molecule has 0 aliphatic carbocycles. The van der Waals surface area contributed by atoms with Gasteiger partial charge in [0.05, 0.1) is 12.0 Å². The van der Waals surface area contributed by atoms with Crippen molar-refractivity contribution >= 4 is 22.7 Å². The monoisotopic (exact) mass is 444 g/mol. The van der Waals surface area contributed by atoms with Gasteiger partial charge in [-0.3, -0.25) is 9.59 Å². The zero-order valence-corrected chi connectivity index (χ0v) is 19.5. The zero-order valence-electron chi connectivity index (χ0n) is 19.5. The second-order valence-corrected chi connectivity index (χ2v) is 9.33. The van der Waals surface area contributed by atoms with Gasteiger partial charge in [-0.1, -0.05) is 36.4 Å². The molecule has 6 nitrogen and oxygen atoms in total. The maximum atomic E-state index is 13.7. The first kappa shape index (κ1) is 21.7. The number of aryl methyl sites for hydroxylation is 1. The van der Waals surface area contributed by atoms with Gasteiger partial charge in [0.25, 0.3) is 5.91 Å². The van der Waals surface area contributed by atoms with Crippen LogP contribution in [0.1, 0.15) is 52.7 Å². The van der Waals surface area contributed by atoms with E-state index in [0.717, 1.165) is 35.0 Å². The van der Waals surface area contributed by atoms with E-state index >= 15 is 0 Å². The molecule has 2 aromatic carbocycles. The number of amides is 2. The smallest absolute Gasteiger partial charge is 0.254 e. The number of carbonyl (C=O) groups excluding carboxylic acids is 2. The molecule has 1 N–H and O–H groups in total. The third-order valence-electron chi connectivity index (χ3n) is 7.26. The van der Waals surface area contributed by atoms with Gasteiger partial charge in [0.2, 0.25) is 5.91 Å². The van der Waals surface area contributed by atoms with Crippen LogP contribution in [0.3, 0.4) is 0 Å². The Morgan fingerprint density at radius 2 is 1.73 bits per heavy atom. The van der Waals surface area contributed by atoms with Gasteiger partial charge in [-0.15, -0.1) is 0 Å². The predicted molar refractivity (Wildman–Crippen MR) is 130 cm³/mol. The zero-order chi connectivity index (χ0) is 22.9. The van der Waals surface area contributed by atoms with Crippen LogP contribution in [0.25, 0.3) is 10.9 Å². The summed E-state index contributed by atoms with van der Waals surface area (Å²) in [5, 5.41) is 4.28. The average Bonchev–Trinajstić information content (AvgIpc) is 3.47. The normalized spacial score (nSPS) is 20.9. The molecule has 2 atom stereocenters. The lowest BCUT2D eigenvalue weighted by atomic mass is 9.79. The van der Waals surface area contributed by atoms with E-state index in [1.165, 1.54) is 25.9 Å². The highest BCUT2D eigenvalue weighted by Gasteiger charge is 2.43. The molecule has 172 valence electrons. The van der Waals surface area contributed by atoms with Crippen LogP contribution in [0, 0.1) is 0 Å². The lowest BCUT2D eigenvalue weighted by molar-refractivity contribution is -0.124. The highest BCUT2D eigenvalue weighted by molar-refractivity contribution is 6.02. The summed E-state index contributed by atoms with van der Waals surface area (Å²) >= 11 is 0. The first-order valence-corrected chi connectivity index (χ1v) is 12.0. The van der Waals surface area contributed by atoms with Gasteiger partial charge in [-0.2, -0.15) is 0 Å². The largest absolute Gasteiger partial charge is 0.355 e. The second-order valence-electron chi connectivity index (χ2n) is 9.33. The third-order valence-corrected chi connectivity index (χ3v) is 7.26. The summed E-state index contributed by atoms with van der Waals surface area (Å²) in [7, 11) is 3.83. The topological polar surface area (TPSA) is 57.6 Å². The summed E-state index contributed by atoms with van der Waals surface area (Å²) in [5.74, 6) is -0.510. The lowest BCUT2D eigenvalue weighted by Crippen LogP contribution is -2.46. The Morgan fingerprint density at radius 3 is 2.55 bits per heavy atom. The van der Waals surface area contributed by atoms with Crippen LogP contribution in [-0.4, -0.2) is 59.4 Å². The molecule has 5 rings (SSSR count). The van der Waals surface area contributed by atoms with E-state index in [0.29, 0.717) is 12.1 Å². The van der Waals surface area contributed by atoms with E-state index in [1.54, 1.807) is 4.90 Å². The molecule has 1 fully saturated rings. The van der Waals surface area contributed by atoms with Gasteiger partial charge < -0.3 is 19.7 Å². The molecular formula is C27H32N4O2. The summed E-state index contributed by atoms with van der Waals surface area (Å²) in [5.41, 5.74) is 3.54. The third kappa shape index (κ3) is 3.93. The van der Waals surface area contributed by atoms with E-state index < -0.39 is 5.92 Å². The number of likely N-dealkylation sites (tertiary alicyclic amines) is 1. The molecule has 1 aromatic heterocycles. The standard InChI is InChI=1S/C27H32N4O2/c1-29-18-22(19-10-5-6-13-23(19)29)25-24(20-11-3-4-12-21(20)27(33)30(25)2)26(32)28-14-9-17-31-15-7-8-16-31/h3-6,10-13,18,24-25H,7-9,14-17H2,1-2H3,(H,28,32). The Hall–Kier alpha value is -3.12. The van der Waals surface area contributed by atoms with Gasteiger partial charge in [0.1, 0.15) is 0 Å². The molecule has 2 amide bonds. The van der Waals surface area contributed by atoms with Crippen LogP contribution in [0.15, 0.2) is 54.7 Å². The minimum Gasteiger partial charge on any atom is -0.355 e. The molecule has 2 aliphatic rings. The molecule has 2 unspecified atom stereocenters. The molecular weight excluding hydrogens is 412 g/mol. The quantitative estimate of drug-likeness (QED) is 0.590. The number of hydrogen-bond donors (Lipinski definition) is 1. The molecule has 0 saturated carbocycles. The van der Waals surface area contributed by atoms with Crippen molar-refractivity contribution in [3.8, 4) is 0 Å². The number of benzene rings is 2. The number of carbonyl (C=O) groups is 2. The minimum atomic E-state index is -0.457. The fourth-order valence-corrected chi connectivity index (χ4v) is 5.58. The van der Waals surface area contributed by atoms with Gasteiger partial charge in [0, 0.05) is 48.9 Å². The van der Waals surface area contributed by atoms with Crippen LogP contribution in [-0.2, 0) is 11.8 Å². The minimum absolute atomic E-state index is 0.0128. The number of para-hydroxylation sites is 1. The number of likely N-dealkylation sites (N-methyl/N-ethyl adjacent to an activating group) is 1. The van der Waals surface area contributed by atoms with Gasteiger partial charge in [-0.05, 0) is 56.6 Å². The number of aromatic nitrogens is 1. The van der Waals surface area contributed by atoms with Crippen molar-refractivity contribution in [3.05, 3.63) is 71.4 Å². The first-order valence-electron chi connectivity index (χ1n) is 12.0. The van der Waals surface area contributed by atoms with Crippen molar-refractivity contribution in [1.82, 2.24) is 19.7 Å². The van der Waals surface area contributed by atoms with Crippen molar-refractivity contribution in [2.24, 2.45) is 7.05 Å². The number of fused-ring (bicyclic) bond motifs is 2. The Morgan fingerprint density at radius 1 is 1.00 bits per heavy atom.